The molecule has 4 nitrogen and oxygen atoms in total. The summed E-state index contributed by atoms with van der Waals surface area (Å²) < 4.78 is 43.7. The predicted octanol–water partition coefficient (Wildman–Crippen LogP) is 5.70. The molecular formula is C21H15ClF3NO3. The van der Waals surface area contributed by atoms with Crippen LogP contribution in [0.2, 0.25) is 5.02 Å². The number of hydrogen-bond donors (Lipinski definition) is 1. The highest BCUT2D eigenvalue weighted by Gasteiger charge is 2.31. The van der Waals surface area contributed by atoms with Gasteiger partial charge in [0.25, 0.3) is 5.91 Å². The maximum atomic E-state index is 12.8. The Bertz CT molecular complexity index is 1080. The van der Waals surface area contributed by atoms with Gasteiger partial charge in [-0.2, -0.15) is 13.2 Å². The second kappa shape index (κ2) is 8.13. The molecule has 3 aromatic carbocycles. The van der Waals surface area contributed by atoms with Crippen LogP contribution in [0.1, 0.15) is 22.8 Å². The summed E-state index contributed by atoms with van der Waals surface area (Å²) in [5, 5.41) is 3.96. The molecule has 0 radical (unpaired) electrons. The zero-order chi connectivity index (χ0) is 21.2. The molecule has 0 fully saturated rings. The second-order valence-corrected chi connectivity index (χ2v) is 6.70. The van der Waals surface area contributed by atoms with Crippen molar-refractivity contribution in [1.82, 2.24) is 0 Å². The molecule has 150 valence electrons. The molecule has 3 aromatic rings. The Morgan fingerprint density at radius 1 is 1.00 bits per heavy atom. The van der Waals surface area contributed by atoms with Gasteiger partial charge in [-0.05, 0) is 48.0 Å². The number of alkyl halides is 3. The van der Waals surface area contributed by atoms with Gasteiger partial charge in [-0.1, -0.05) is 41.9 Å². The van der Waals surface area contributed by atoms with Gasteiger partial charge in [-0.15, -0.1) is 0 Å². The van der Waals surface area contributed by atoms with Crippen LogP contribution in [0, 0.1) is 0 Å². The van der Waals surface area contributed by atoms with Crippen LogP contribution in [0.3, 0.4) is 0 Å². The quantitative estimate of drug-likeness (QED) is 0.550. The highest BCUT2D eigenvalue weighted by molar-refractivity contribution is 6.33. The van der Waals surface area contributed by atoms with Crippen molar-refractivity contribution in [2.24, 2.45) is 0 Å². The van der Waals surface area contributed by atoms with Crippen molar-refractivity contribution in [3.05, 3.63) is 76.8 Å². The minimum absolute atomic E-state index is 0.0700. The van der Waals surface area contributed by atoms with Crippen LogP contribution >= 0.6 is 11.6 Å². The monoisotopic (exact) mass is 421 g/mol. The molecule has 1 atom stereocenters. The summed E-state index contributed by atoms with van der Waals surface area (Å²) in [4.78, 5) is 24.6. The summed E-state index contributed by atoms with van der Waals surface area (Å²) in [6.07, 6.45) is -5.84. The smallest absolute Gasteiger partial charge is 0.416 e. The minimum Gasteiger partial charge on any atom is -0.449 e. The first-order chi connectivity index (χ1) is 13.6. The number of carbonyl (C=O) groups is 2. The van der Waals surface area contributed by atoms with Crippen LogP contribution in [-0.4, -0.2) is 18.0 Å². The lowest BCUT2D eigenvalue weighted by atomic mass is 10.1. The molecule has 0 aliphatic heterocycles. The van der Waals surface area contributed by atoms with Gasteiger partial charge in [-0.25, -0.2) is 4.79 Å². The normalized spacial score (nSPS) is 12.4. The summed E-state index contributed by atoms with van der Waals surface area (Å²) >= 11 is 5.86. The van der Waals surface area contributed by atoms with E-state index in [2.05, 4.69) is 5.32 Å². The van der Waals surface area contributed by atoms with Gasteiger partial charge < -0.3 is 10.1 Å². The van der Waals surface area contributed by atoms with Crippen LogP contribution in [0.4, 0.5) is 18.9 Å². The van der Waals surface area contributed by atoms with Crippen molar-refractivity contribution in [2.45, 2.75) is 19.2 Å². The molecule has 0 unspecified atom stereocenters. The number of nitrogens with one attached hydrogen (secondary N) is 1. The Labute approximate surface area is 169 Å². The number of ether oxygens (including phenoxy) is 1. The maximum absolute atomic E-state index is 12.8. The van der Waals surface area contributed by atoms with Gasteiger partial charge in [0.05, 0.1) is 21.8 Å². The summed E-state index contributed by atoms with van der Waals surface area (Å²) in [6.45, 7) is 1.32. The largest absolute Gasteiger partial charge is 0.449 e. The molecule has 1 N–H and O–H groups in total. The lowest BCUT2D eigenvalue weighted by Crippen LogP contribution is -2.30. The molecule has 8 heteroatoms. The first-order valence-corrected chi connectivity index (χ1v) is 8.90. The van der Waals surface area contributed by atoms with E-state index in [1.165, 1.54) is 6.92 Å². The van der Waals surface area contributed by atoms with E-state index in [4.69, 9.17) is 16.3 Å². The van der Waals surface area contributed by atoms with E-state index in [0.717, 1.165) is 29.0 Å². The molecule has 0 aromatic heterocycles. The Hall–Kier alpha value is -3.06. The van der Waals surface area contributed by atoms with Crippen molar-refractivity contribution in [3.8, 4) is 0 Å². The SMILES string of the molecule is C[C@H](OC(=O)c1ccc2ccccc2c1)C(=O)Nc1cc(C(F)(F)F)ccc1Cl. The number of halogens is 4. The van der Waals surface area contributed by atoms with Gasteiger partial charge in [0.15, 0.2) is 6.10 Å². The van der Waals surface area contributed by atoms with Crippen molar-refractivity contribution >= 4 is 39.9 Å². The molecule has 0 bridgehead atoms. The Morgan fingerprint density at radius 3 is 2.38 bits per heavy atom. The molecule has 0 aliphatic rings. The van der Waals surface area contributed by atoms with Gasteiger partial charge in [0.2, 0.25) is 0 Å². The van der Waals surface area contributed by atoms with Gasteiger partial charge in [0, 0.05) is 0 Å². The molecule has 1 amide bonds. The molecule has 0 heterocycles. The number of carbonyl (C=O) groups excluding carboxylic acids is 2. The van der Waals surface area contributed by atoms with Crippen molar-refractivity contribution in [2.75, 3.05) is 5.32 Å². The number of esters is 1. The zero-order valence-electron chi connectivity index (χ0n) is 15.1. The maximum Gasteiger partial charge on any atom is 0.416 e. The highest BCUT2D eigenvalue weighted by atomic mass is 35.5. The van der Waals surface area contributed by atoms with Crippen molar-refractivity contribution < 1.29 is 27.5 Å². The molecule has 0 saturated carbocycles. The Kier molecular flexibility index (Phi) is 5.79. The summed E-state index contributed by atoms with van der Waals surface area (Å²) in [7, 11) is 0. The van der Waals surface area contributed by atoms with Gasteiger partial charge >= 0.3 is 12.1 Å². The average Bonchev–Trinajstić information content (AvgIpc) is 2.68. The van der Waals surface area contributed by atoms with Crippen LogP contribution in [0.25, 0.3) is 10.8 Å². The number of benzene rings is 3. The highest BCUT2D eigenvalue weighted by Crippen LogP contribution is 2.33. The van der Waals surface area contributed by atoms with Crippen LogP contribution in [0.15, 0.2) is 60.7 Å². The van der Waals surface area contributed by atoms with E-state index in [1.807, 2.05) is 24.3 Å². The fourth-order valence-corrected chi connectivity index (χ4v) is 2.79. The second-order valence-electron chi connectivity index (χ2n) is 6.29. The number of anilines is 1. The minimum atomic E-state index is -4.59. The Morgan fingerprint density at radius 2 is 1.69 bits per heavy atom. The van der Waals surface area contributed by atoms with Crippen LogP contribution < -0.4 is 5.32 Å². The zero-order valence-corrected chi connectivity index (χ0v) is 15.8. The number of fused-ring (bicyclic) bond motifs is 1. The van der Waals surface area contributed by atoms with E-state index in [9.17, 15) is 22.8 Å². The number of hydrogen-bond acceptors (Lipinski definition) is 3. The van der Waals surface area contributed by atoms with Gasteiger partial charge in [-0.3, -0.25) is 4.79 Å². The standard InChI is InChI=1S/C21H15ClF3NO3/c1-12(19(27)26-18-11-16(21(23,24)25)8-9-17(18)22)29-20(28)15-7-6-13-4-2-3-5-14(13)10-15/h2-12H,1H3,(H,26,27)/t12-/m0/s1. The summed E-state index contributed by atoms with van der Waals surface area (Å²) in [5.41, 5.74) is -0.932. The fraction of sp³-hybridized carbons (Fsp3) is 0.143. The molecule has 3 rings (SSSR count). The molecule has 0 saturated heterocycles. The fourth-order valence-electron chi connectivity index (χ4n) is 2.63. The Balaban J connectivity index is 1.71. The predicted molar refractivity (Wildman–Crippen MR) is 104 cm³/mol. The van der Waals surface area contributed by atoms with Crippen molar-refractivity contribution in [3.63, 3.8) is 0 Å². The summed E-state index contributed by atoms with van der Waals surface area (Å²) in [5.74, 6) is -1.53. The van der Waals surface area contributed by atoms with E-state index in [-0.39, 0.29) is 16.3 Å². The van der Waals surface area contributed by atoms with E-state index >= 15 is 0 Å². The lowest BCUT2D eigenvalue weighted by molar-refractivity contribution is -0.137. The van der Waals surface area contributed by atoms with Crippen molar-refractivity contribution in [1.29, 1.82) is 0 Å². The van der Waals surface area contributed by atoms with E-state index in [1.54, 1.807) is 18.2 Å². The number of amides is 1. The van der Waals surface area contributed by atoms with E-state index in [0.29, 0.717) is 0 Å². The average molecular weight is 422 g/mol. The van der Waals surface area contributed by atoms with Crippen LogP contribution in [-0.2, 0) is 15.7 Å². The molecular weight excluding hydrogens is 407 g/mol. The third kappa shape index (κ3) is 4.86. The first-order valence-electron chi connectivity index (χ1n) is 8.52. The molecule has 0 aliphatic carbocycles. The number of rotatable bonds is 4. The van der Waals surface area contributed by atoms with Crippen LogP contribution in [0.5, 0.6) is 0 Å². The van der Waals surface area contributed by atoms with Gasteiger partial charge in [0.1, 0.15) is 0 Å². The lowest BCUT2D eigenvalue weighted by Gasteiger charge is -2.16. The molecule has 29 heavy (non-hydrogen) atoms. The third-order valence-corrected chi connectivity index (χ3v) is 4.52. The molecule has 0 spiro atoms. The third-order valence-electron chi connectivity index (χ3n) is 4.19. The first kappa shape index (κ1) is 20.7. The van der Waals surface area contributed by atoms with E-state index < -0.39 is 29.7 Å². The summed E-state index contributed by atoms with van der Waals surface area (Å²) in [6, 6.07) is 14.9. The topological polar surface area (TPSA) is 55.4 Å².